The fraction of sp³-hybridized carbons (Fsp3) is 0.786. The minimum Gasteiger partial charge on any atom is -0.314 e. The van der Waals surface area contributed by atoms with Crippen LogP contribution < -0.4 is 5.32 Å². The monoisotopic (exact) mass is 315 g/mol. The first-order valence-corrected chi connectivity index (χ1v) is 7.66. The van der Waals surface area contributed by atoms with Crippen LogP contribution in [0.15, 0.2) is 4.47 Å². The quantitative estimate of drug-likeness (QED) is 0.835. The van der Waals surface area contributed by atoms with Gasteiger partial charge in [0, 0.05) is 19.5 Å². The first-order chi connectivity index (χ1) is 8.45. The maximum atomic E-state index is 4.46. The molecule has 1 rings (SSSR count). The second-order valence-corrected chi connectivity index (χ2v) is 6.19. The lowest BCUT2D eigenvalue weighted by Gasteiger charge is -2.19. The Morgan fingerprint density at radius 1 is 1.33 bits per heavy atom. The largest absolute Gasteiger partial charge is 0.314 e. The summed E-state index contributed by atoms with van der Waals surface area (Å²) < 4.78 is 3.16. The fourth-order valence-corrected chi connectivity index (χ4v) is 2.73. The maximum Gasteiger partial charge on any atom is 0.0738 e. The molecular weight excluding hydrogens is 290 g/mol. The molecule has 0 aromatic carbocycles. The van der Waals surface area contributed by atoms with Gasteiger partial charge < -0.3 is 5.32 Å². The van der Waals surface area contributed by atoms with Crippen LogP contribution in [0.5, 0.6) is 0 Å². The molecule has 4 heteroatoms. The molecule has 1 atom stereocenters. The highest BCUT2D eigenvalue weighted by atomic mass is 79.9. The van der Waals surface area contributed by atoms with Gasteiger partial charge in [-0.25, -0.2) is 0 Å². The molecule has 1 heterocycles. The van der Waals surface area contributed by atoms with Gasteiger partial charge in [-0.15, -0.1) is 0 Å². The van der Waals surface area contributed by atoms with Crippen molar-refractivity contribution in [1.82, 2.24) is 15.1 Å². The molecule has 0 bridgehead atoms. The molecule has 1 aromatic heterocycles. The molecule has 18 heavy (non-hydrogen) atoms. The Balaban J connectivity index is 2.70. The minimum absolute atomic E-state index is 0.545. The topological polar surface area (TPSA) is 29.9 Å². The van der Waals surface area contributed by atoms with Crippen molar-refractivity contribution in [1.29, 1.82) is 0 Å². The van der Waals surface area contributed by atoms with E-state index in [1.807, 2.05) is 18.7 Å². The first kappa shape index (κ1) is 15.7. The van der Waals surface area contributed by atoms with Crippen LogP contribution in [0.1, 0.15) is 45.0 Å². The number of aryl methyl sites for hydroxylation is 2. The molecule has 0 spiro atoms. The first-order valence-electron chi connectivity index (χ1n) is 6.87. The SMILES string of the molecule is CCNC(CCC(C)C)Cc1c(Br)c(C)nn1C. The highest BCUT2D eigenvalue weighted by Crippen LogP contribution is 2.22. The van der Waals surface area contributed by atoms with Gasteiger partial charge in [-0.2, -0.15) is 5.10 Å². The Kier molecular flexibility index (Phi) is 6.36. The molecule has 0 amide bonds. The molecule has 3 nitrogen and oxygen atoms in total. The molecule has 0 aliphatic rings. The van der Waals surface area contributed by atoms with Crippen molar-refractivity contribution in [2.45, 2.75) is 53.0 Å². The average Bonchev–Trinajstić information content (AvgIpc) is 2.53. The summed E-state index contributed by atoms with van der Waals surface area (Å²) in [7, 11) is 2.03. The molecule has 0 radical (unpaired) electrons. The standard InChI is InChI=1S/C14H26BrN3/c1-6-16-12(8-7-10(2)3)9-13-14(15)11(4)17-18(13)5/h10,12,16H,6-9H2,1-5H3. The van der Waals surface area contributed by atoms with Crippen molar-refractivity contribution < 1.29 is 0 Å². The molecule has 1 aromatic rings. The summed E-state index contributed by atoms with van der Waals surface area (Å²) in [5.41, 5.74) is 2.37. The van der Waals surface area contributed by atoms with E-state index in [1.165, 1.54) is 18.5 Å². The van der Waals surface area contributed by atoms with E-state index in [-0.39, 0.29) is 0 Å². The van der Waals surface area contributed by atoms with Crippen LogP contribution >= 0.6 is 15.9 Å². The summed E-state index contributed by atoms with van der Waals surface area (Å²) in [6.45, 7) is 9.81. The summed E-state index contributed by atoms with van der Waals surface area (Å²) in [6.07, 6.45) is 3.53. The smallest absolute Gasteiger partial charge is 0.0738 e. The molecule has 1 unspecified atom stereocenters. The third-order valence-corrected chi connectivity index (χ3v) is 4.32. The summed E-state index contributed by atoms with van der Waals surface area (Å²) >= 11 is 3.65. The van der Waals surface area contributed by atoms with Gasteiger partial charge in [0.05, 0.1) is 15.9 Å². The zero-order valence-electron chi connectivity index (χ0n) is 12.3. The molecular formula is C14H26BrN3. The Morgan fingerprint density at radius 2 is 2.00 bits per heavy atom. The van der Waals surface area contributed by atoms with Crippen LogP contribution in [0, 0.1) is 12.8 Å². The Morgan fingerprint density at radius 3 is 2.44 bits per heavy atom. The zero-order valence-corrected chi connectivity index (χ0v) is 13.8. The molecule has 0 saturated heterocycles. The maximum absolute atomic E-state index is 4.46. The third-order valence-electron chi connectivity index (χ3n) is 3.29. The van der Waals surface area contributed by atoms with E-state index >= 15 is 0 Å². The zero-order chi connectivity index (χ0) is 13.7. The number of halogens is 1. The van der Waals surface area contributed by atoms with Crippen molar-refractivity contribution in [2.24, 2.45) is 13.0 Å². The summed E-state index contributed by atoms with van der Waals surface area (Å²) in [4.78, 5) is 0. The van der Waals surface area contributed by atoms with Crippen molar-refractivity contribution >= 4 is 15.9 Å². The van der Waals surface area contributed by atoms with E-state index < -0.39 is 0 Å². The summed E-state index contributed by atoms with van der Waals surface area (Å²) in [5, 5.41) is 8.05. The van der Waals surface area contributed by atoms with Gasteiger partial charge in [0.25, 0.3) is 0 Å². The van der Waals surface area contributed by atoms with Gasteiger partial charge >= 0.3 is 0 Å². The van der Waals surface area contributed by atoms with Crippen molar-refractivity contribution in [3.8, 4) is 0 Å². The van der Waals surface area contributed by atoms with Crippen LogP contribution in [0.4, 0.5) is 0 Å². The molecule has 0 aliphatic carbocycles. The molecule has 0 fully saturated rings. The van der Waals surface area contributed by atoms with Crippen LogP contribution in [-0.4, -0.2) is 22.4 Å². The van der Waals surface area contributed by atoms with E-state index in [0.717, 1.165) is 29.1 Å². The van der Waals surface area contributed by atoms with E-state index in [4.69, 9.17) is 0 Å². The van der Waals surface area contributed by atoms with Crippen LogP contribution in [0.25, 0.3) is 0 Å². The summed E-state index contributed by atoms with van der Waals surface area (Å²) in [6, 6.07) is 0.545. The van der Waals surface area contributed by atoms with Crippen molar-refractivity contribution in [3.63, 3.8) is 0 Å². The predicted molar refractivity (Wildman–Crippen MR) is 80.9 cm³/mol. The van der Waals surface area contributed by atoms with Crippen molar-refractivity contribution in [2.75, 3.05) is 6.54 Å². The summed E-state index contributed by atoms with van der Waals surface area (Å²) in [5.74, 6) is 0.767. The molecule has 0 aliphatic heterocycles. The highest BCUT2D eigenvalue weighted by Gasteiger charge is 2.16. The second kappa shape index (κ2) is 7.29. The highest BCUT2D eigenvalue weighted by molar-refractivity contribution is 9.10. The predicted octanol–water partition coefficient (Wildman–Crippen LogP) is 3.45. The van der Waals surface area contributed by atoms with Gasteiger partial charge in [0.2, 0.25) is 0 Å². The molecule has 104 valence electrons. The van der Waals surface area contributed by atoms with Crippen LogP contribution in [0.2, 0.25) is 0 Å². The number of hydrogen-bond donors (Lipinski definition) is 1. The Labute approximate surface area is 119 Å². The van der Waals surface area contributed by atoms with E-state index in [9.17, 15) is 0 Å². The van der Waals surface area contributed by atoms with Gasteiger partial charge in [0.15, 0.2) is 0 Å². The number of likely N-dealkylation sites (N-methyl/N-ethyl adjacent to an activating group) is 1. The number of nitrogens with one attached hydrogen (secondary N) is 1. The average molecular weight is 316 g/mol. The molecule has 0 saturated carbocycles. The van der Waals surface area contributed by atoms with Gasteiger partial charge in [-0.3, -0.25) is 4.68 Å². The van der Waals surface area contributed by atoms with E-state index in [0.29, 0.717) is 6.04 Å². The Hall–Kier alpha value is -0.350. The van der Waals surface area contributed by atoms with Gasteiger partial charge in [-0.1, -0.05) is 20.8 Å². The van der Waals surface area contributed by atoms with Crippen LogP contribution in [0.3, 0.4) is 0 Å². The van der Waals surface area contributed by atoms with Gasteiger partial charge in [-0.05, 0) is 48.2 Å². The van der Waals surface area contributed by atoms with E-state index in [2.05, 4.69) is 47.1 Å². The normalized spacial score (nSPS) is 13.3. The van der Waals surface area contributed by atoms with E-state index in [1.54, 1.807) is 0 Å². The number of rotatable bonds is 7. The number of nitrogens with zero attached hydrogens (tertiary/aromatic N) is 2. The lowest BCUT2D eigenvalue weighted by molar-refractivity contribution is 0.427. The number of hydrogen-bond acceptors (Lipinski definition) is 2. The number of aromatic nitrogens is 2. The Bertz CT molecular complexity index is 371. The fourth-order valence-electron chi connectivity index (χ4n) is 2.23. The van der Waals surface area contributed by atoms with Crippen molar-refractivity contribution in [3.05, 3.63) is 15.9 Å². The molecule has 1 N–H and O–H groups in total. The van der Waals surface area contributed by atoms with Gasteiger partial charge in [0.1, 0.15) is 0 Å². The lowest BCUT2D eigenvalue weighted by Crippen LogP contribution is -2.32. The van der Waals surface area contributed by atoms with Crippen LogP contribution in [-0.2, 0) is 13.5 Å². The third kappa shape index (κ3) is 4.39. The minimum atomic E-state index is 0.545. The second-order valence-electron chi connectivity index (χ2n) is 5.40. The lowest BCUT2D eigenvalue weighted by atomic mass is 10.00.